The third-order valence-corrected chi connectivity index (χ3v) is 4.47. The van der Waals surface area contributed by atoms with Crippen molar-refractivity contribution in [1.82, 2.24) is 10.6 Å². The molecule has 0 fully saturated rings. The molecule has 28 heavy (non-hydrogen) atoms. The van der Waals surface area contributed by atoms with E-state index in [1.165, 1.54) is 0 Å². The summed E-state index contributed by atoms with van der Waals surface area (Å²) < 4.78 is 11.3. The van der Waals surface area contributed by atoms with Crippen LogP contribution in [-0.2, 0) is 16.1 Å². The van der Waals surface area contributed by atoms with Crippen molar-refractivity contribution in [2.24, 2.45) is 0 Å². The van der Waals surface area contributed by atoms with Gasteiger partial charge >= 0.3 is 12.0 Å². The van der Waals surface area contributed by atoms with Gasteiger partial charge in [-0.2, -0.15) is 0 Å². The van der Waals surface area contributed by atoms with Gasteiger partial charge < -0.3 is 20.1 Å². The number of carbonyl (C=O) groups excluding carboxylic acids is 2. The van der Waals surface area contributed by atoms with Gasteiger partial charge in [-0.15, -0.1) is 0 Å². The van der Waals surface area contributed by atoms with Crippen LogP contribution in [0.2, 0.25) is 0 Å². The molecule has 0 saturated carbocycles. The predicted molar refractivity (Wildman–Crippen MR) is 106 cm³/mol. The van der Waals surface area contributed by atoms with Crippen molar-refractivity contribution in [3.63, 3.8) is 0 Å². The highest BCUT2D eigenvalue weighted by molar-refractivity contribution is 5.95. The molecule has 1 aliphatic heterocycles. The molecule has 0 bridgehead atoms. The number of amides is 2. The van der Waals surface area contributed by atoms with Gasteiger partial charge in [-0.05, 0) is 25.0 Å². The fourth-order valence-electron chi connectivity index (χ4n) is 3.17. The van der Waals surface area contributed by atoms with Crippen LogP contribution in [0.5, 0.6) is 5.75 Å². The van der Waals surface area contributed by atoms with E-state index in [2.05, 4.69) is 10.6 Å². The highest BCUT2D eigenvalue weighted by Gasteiger charge is 2.34. The van der Waals surface area contributed by atoms with E-state index in [-0.39, 0.29) is 12.6 Å². The number of urea groups is 1. The molecule has 2 aromatic rings. The van der Waals surface area contributed by atoms with Crippen molar-refractivity contribution >= 4 is 12.0 Å². The highest BCUT2D eigenvalue weighted by Crippen LogP contribution is 2.34. The number of allylic oxidation sites excluding steroid dienone is 1. The summed E-state index contributed by atoms with van der Waals surface area (Å²) in [5.74, 6) is 0.158. The van der Waals surface area contributed by atoms with Gasteiger partial charge in [0.2, 0.25) is 0 Å². The van der Waals surface area contributed by atoms with Crippen LogP contribution in [0.4, 0.5) is 4.79 Å². The molecule has 0 aliphatic carbocycles. The van der Waals surface area contributed by atoms with Crippen LogP contribution in [0.15, 0.2) is 65.9 Å². The maximum absolute atomic E-state index is 12.6. The Labute approximate surface area is 164 Å². The molecule has 6 nitrogen and oxygen atoms in total. The Balaban J connectivity index is 1.96. The Morgan fingerprint density at radius 2 is 1.75 bits per heavy atom. The molecular formula is C22H24N2O4. The lowest BCUT2D eigenvalue weighted by atomic mass is 9.93. The summed E-state index contributed by atoms with van der Waals surface area (Å²) in [6, 6.07) is 16.2. The van der Waals surface area contributed by atoms with Crippen LogP contribution in [0.1, 0.15) is 37.4 Å². The van der Waals surface area contributed by atoms with E-state index in [0.717, 1.165) is 5.56 Å². The summed E-state index contributed by atoms with van der Waals surface area (Å²) in [7, 11) is 0. The van der Waals surface area contributed by atoms with E-state index in [0.29, 0.717) is 35.6 Å². The second kappa shape index (κ2) is 9.08. The summed E-state index contributed by atoms with van der Waals surface area (Å²) in [6.07, 6.45) is 0.505. The van der Waals surface area contributed by atoms with Gasteiger partial charge in [-0.3, -0.25) is 0 Å². The molecule has 2 aromatic carbocycles. The van der Waals surface area contributed by atoms with Gasteiger partial charge in [0.25, 0.3) is 0 Å². The average molecular weight is 380 g/mol. The summed E-state index contributed by atoms with van der Waals surface area (Å²) in [5.41, 5.74) is 2.70. The topological polar surface area (TPSA) is 76.7 Å². The number of carbonyl (C=O) groups is 2. The molecule has 0 aromatic heterocycles. The van der Waals surface area contributed by atoms with Gasteiger partial charge in [-0.25, -0.2) is 9.59 Å². The van der Waals surface area contributed by atoms with Gasteiger partial charge in [-0.1, -0.05) is 55.5 Å². The maximum Gasteiger partial charge on any atom is 0.338 e. The van der Waals surface area contributed by atoms with E-state index < -0.39 is 12.0 Å². The zero-order chi connectivity index (χ0) is 19.9. The highest BCUT2D eigenvalue weighted by atomic mass is 16.5. The first-order valence-corrected chi connectivity index (χ1v) is 9.37. The fourth-order valence-corrected chi connectivity index (χ4v) is 3.17. The van der Waals surface area contributed by atoms with Crippen molar-refractivity contribution < 1.29 is 19.1 Å². The van der Waals surface area contributed by atoms with Crippen LogP contribution in [-0.4, -0.2) is 18.6 Å². The molecule has 1 unspecified atom stereocenters. The zero-order valence-electron chi connectivity index (χ0n) is 16.0. The lowest BCUT2D eigenvalue weighted by Gasteiger charge is -2.30. The third-order valence-electron chi connectivity index (χ3n) is 4.47. The number of para-hydroxylation sites is 1. The number of hydrogen-bond donors (Lipinski definition) is 2. The Hall–Kier alpha value is -3.28. The molecule has 2 N–H and O–H groups in total. The van der Waals surface area contributed by atoms with Gasteiger partial charge in [0, 0.05) is 11.3 Å². The number of rotatable bonds is 7. The number of esters is 1. The van der Waals surface area contributed by atoms with E-state index in [1.54, 1.807) is 6.92 Å². The van der Waals surface area contributed by atoms with Crippen LogP contribution in [0.3, 0.4) is 0 Å². The quantitative estimate of drug-likeness (QED) is 0.716. The van der Waals surface area contributed by atoms with Crippen LogP contribution in [0.25, 0.3) is 0 Å². The van der Waals surface area contributed by atoms with Crippen LogP contribution >= 0.6 is 0 Å². The second-order valence-corrected chi connectivity index (χ2v) is 6.31. The van der Waals surface area contributed by atoms with Crippen molar-refractivity contribution in [2.75, 3.05) is 6.61 Å². The average Bonchev–Trinajstić information content (AvgIpc) is 2.72. The number of ether oxygens (including phenoxy) is 2. The normalized spacial score (nSPS) is 16.2. The van der Waals surface area contributed by atoms with Crippen molar-refractivity contribution in [2.45, 2.75) is 32.9 Å². The third kappa shape index (κ3) is 4.34. The molecule has 6 heteroatoms. The largest absolute Gasteiger partial charge is 0.489 e. The minimum atomic E-state index is -0.644. The molecular weight excluding hydrogens is 356 g/mol. The lowest BCUT2D eigenvalue weighted by Crippen LogP contribution is -2.46. The van der Waals surface area contributed by atoms with Crippen molar-refractivity contribution in [3.8, 4) is 5.75 Å². The first-order valence-electron chi connectivity index (χ1n) is 9.37. The monoisotopic (exact) mass is 380 g/mol. The number of nitrogens with one attached hydrogen (secondary N) is 2. The fraction of sp³-hybridized carbons (Fsp3) is 0.273. The van der Waals surface area contributed by atoms with Crippen LogP contribution < -0.4 is 15.4 Å². The van der Waals surface area contributed by atoms with Crippen molar-refractivity contribution in [1.29, 1.82) is 0 Å². The van der Waals surface area contributed by atoms with E-state index in [4.69, 9.17) is 9.47 Å². The van der Waals surface area contributed by atoms with Gasteiger partial charge in [0.15, 0.2) is 0 Å². The minimum Gasteiger partial charge on any atom is -0.489 e. The molecule has 2 amide bonds. The first-order chi connectivity index (χ1) is 13.6. The Bertz CT molecular complexity index is 877. The first kappa shape index (κ1) is 19.5. The Kier molecular flexibility index (Phi) is 6.32. The number of benzene rings is 2. The molecule has 146 valence electrons. The van der Waals surface area contributed by atoms with E-state index >= 15 is 0 Å². The SMILES string of the molecule is CCOC(=O)C1=C(CC)NC(=O)NC1c1ccccc1OCc1ccccc1. The summed E-state index contributed by atoms with van der Waals surface area (Å²) in [4.78, 5) is 24.8. The smallest absolute Gasteiger partial charge is 0.338 e. The maximum atomic E-state index is 12.6. The van der Waals surface area contributed by atoms with Crippen molar-refractivity contribution in [3.05, 3.63) is 77.0 Å². The van der Waals surface area contributed by atoms with E-state index in [9.17, 15) is 9.59 Å². The predicted octanol–water partition coefficient (Wildman–Crippen LogP) is 3.85. The van der Waals surface area contributed by atoms with Gasteiger partial charge in [0.05, 0.1) is 18.2 Å². The van der Waals surface area contributed by atoms with E-state index in [1.807, 2.05) is 61.5 Å². The van der Waals surface area contributed by atoms with Crippen LogP contribution in [0, 0.1) is 0 Å². The lowest BCUT2D eigenvalue weighted by molar-refractivity contribution is -0.139. The summed E-state index contributed by atoms with van der Waals surface area (Å²) in [5, 5.41) is 5.56. The van der Waals surface area contributed by atoms with Gasteiger partial charge in [0.1, 0.15) is 12.4 Å². The Morgan fingerprint density at radius 3 is 2.46 bits per heavy atom. The zero-order valence-corrected chi connectivity index (χ0v) is 16.0. The number of hydrogen-bond acceptors (Lipinski definition) is 4. The molecule has 0 radical (unpaired) electrons. The molecule has 0 spiro atoms. The molecule has 3 rings (SSSR count). The minimum absolute atomic E-state index is 0.256. The second-order valence-electron chi connectivity index (χ2n) is 6.31. The standard InChI is InChI=1S/C22H24N2O4/c1-3-17-19(21(25)27-4-2)20(24-22(26)23-17)16-12-8-9-13-18(16)28-14-15-10-6-5-7-11-15/h5-13,20H,3-4,14H2,1-2H3,(H2,23,24,26). The Morgan fingerprint density at radius 1 is 1.04 bits per heavy atom. The molecule has 1 aliphatic rings. The summed E-state index contributed by atoms with van der Waals surface area (Å²) in [6.45, 7) is 4.28. The molecule has 1 atom stereocenters. The molecule has 1 heterocycles. The summed E-state index contributed by atoms with van der Waals surface area (Å²) >= 11 is 0. The molecule has 0 saturated heterocycles.